The molecule has 0 atom stereocenters. The molecule has 0 aliphatic heterocycles. The zero-order valence-corrected chi connectivity index (χ0v) is 12.3. The molecule has 0 radical (unpaired) electrons. The fourth-order valence-electron chi connectivity index (χ4n) is 2.86. The van der Waals surface area contributed by atoms with Crippen LogP contribution in [0.25, 0.3) is 0 Å². The number of hydrogen-bond donors (Lipinski definition) is 3. The molecule has 0 saturated heterocycles. The van der Waals surface area contributed by atoms with E-state index in [0.717, 1.165) is 43.4 Å². The van der Waals surface area contributed by atoms with Gasteiger partial charge >= 0.3 is 6.03 Å². The van der Waals surface area contributed by atoms with Crippen LogP contribution in [0.4, 0.5) is 4.79 Å². The highest BCUT2D eigenvalue weighted by Gasteiger charge is 2.34. The Kier molecular flexibility index (Phi) is 4.65. The van der Waals surface area contributed by atoms with Crippen molar-refractivity contribution in [1.29, 1.82) is 0 Å². The highest BCUT2D eigenvalue weighted by molar-refractivity contribution is 5.74. The Morgan fingerprint density at radius 1 is 1.50 bits per heavy atom. The van der Waals surface area contributed by atoms with Gasteiger partial charge in [-0.25, -0.2) is 4.79 Å². The molecule has 1 aromatic heterocycles. The average Bonchev–Trinajstić information content (AvgIpc) is 3.03. The molecular formula is C14H24N4O2. The molecule has 1 aliphatic rings. The van der Waals surface area contributed by atoms with Gasteiger partial charge in [0.1, 0.15) is 0 Å². The van der Waals surface area contributed by atoms with E-state index in [1.807, 2.05) is 20.2 Å². The zero-order valence-electron chi connectivity index (χ0n) is 12.3. The van der Waals surface area contributed by atoms with Crippen LogP contribution in [0.5, 0.6) is 0 Å². The molecule has 1 aliphatic carbocycles. The van der Waals surface area contributed by atoms with E-state index in [1.54, 1.807) is 4.68 Å². The molecule has 6 nitrogen and oxygen atoms in total. The number of aromatic nitrogens is 2. The minimum atomic E-state index is -0.424. The van der Waals surface area contributed by atoms with Gasteiger partial charge in [-0.3, -0.25) is 4.68 Å². The summed E-state index contributed by atoms with van der Waals surface area (Å²) >= 11 is 0. The first-order chi connectivity index (χ1) is 9.58. The quantitative estimate of drug-likeness (QED) is 0.755. The van der Waals surface area contributed by atoms with Crippen LogP contribution < -0.4 is 10.6 Å². The second-order valence-corrected chi connectivity index (χ2v) is 5.58. The fourth-order valence-corrected chi connectivity index (χ4v) is 2.86. The number of rotatable bonds is 5. The van der Waals surface area contributed by atoms with E-state index < -0.39 is 5.54 Å². The second kappa shape index (κ2) is 6.26. The largest absolute Gasteiger partial charge is 0.394 e. The summed E-state index contributed by atoms with van der Waals surface area (Å²) in [5.41, 5.74) is 1.62. The molecule has 112 valence electrons. The third kappa shape index (κ3) is 3.30. The number of urea groups is 1. The third-order valence-corrected chi connectivity index (χ3v) is 4.01. The van der Waals surface area contributed by atoms with Crippen LogP contribution in [0.3, 0.4) is 0 Å². The lowest BCUT2D eigenvalue weighted by Crippen LogP contribution is -2.52. The number of aryl methyl sites for hydroxylation is 2. The summed E-state index contributed by atoms with van der Waals surface area (Å²) in [6, 6.07) is -0.216. The van der Waals surface area contributed by atoms with E-state index in [2.05, 4.69) is 15.7 Å². The van der Waals surface area contributed by atoms with Gasteiger partial charge in [-0.05, 0) is 19.3 Å². The fraction of sp³-hybridized carbons (Fsp3) is 0.714. The molecule has 0 aromatic carbocycles. The molecule has 1 saturated carbocycles. The molecule has 0 unspecified atom stereocenters. The van der Waals surface area contributed by atoms with Crippen molar-refractivity contribution in [3.05, 3.63) is 17.5 Å². The lowest BCUT2D eigenvalue weighted by molar-refractivity contribution is 0.162. The Hall–Kier alpha value is -1.56. The van der Waals surface area contributed by atoms with Crippen LogP contribution in [0, 0.1) is 0 Å². The second-order valence-electron chi connectivity index (χ2n) is 5.58. The van der Waals surface area contributed by atoms with Crippen molar-refractivity contribution in [3.8, 4) is 0 Å². The Labute approximate surface area is 119 Å². The number of aliphatic hydroxyl groups is 1. The number of nitrogens with zero attached hydrogens (tertiary/aromatic N) is 2. The number of hydrogen-bond acceptors (Lipinski definition) is 3. The van der Waals surface area contributed by atoms with Gasteiger partial charge < -0.3 is 15.7 Å². The van der Waals surface area contributed by atoms with Crippen molar-refractivity contribution in [2.24, 2.45) is 7.05 Å². The molecule has 3 N–H and O–H groups in total. The van der Waals surface area contributed by atoms with Crippen LogP contribution >= 0.6 is 0 Å². The van der Waals surface area contributed by atoms with E-state index in [0.29, 0.717) is 6.54 Å². The van der Waals surface area contributed by atoms with Gasteiger partial charge in [-0.15, -0.1) is 0 Å². The summed E-state index contributed by atoms with van der Waals surface area (Å²) in [7, 11) is 1.88. The summed E-state index contributed by atoms with van der Waals surface area (Å²) in [5, 5.41) is 19.6. The van der Waals surface area contributed by atoms with Crippen molar-refractivity contribution in [1.82, 2.24) is 20.4 Å². The SMILES string of the molecule is CCc1nn(C)cc1CNC(=O)NC1(CO)CCCC1. The van der Waals surface area contributed by atoms with Crippen molar-refractivity contribution in [2.75, 3.05) is 6.61 Å². The highest BCUT2D eigenvalue weighted by atomic mass is 16.3. The van der Waals surface area contributed by atoms with Crippen molar-refractivity contribution in [2.45, 2.75) is 51.1 Å². The molecule has 0 bridgehead atoms. The van der Waals surface area contributed by atoms with Crippen molar-refractivity contribution in [3.63, 3.8) is 0 Å². The van der Waals surface area contributed by atoms with Crippen LogP contribution in [-0.4, -0.2) is 33.1 Å². The van der Waals surface area contributed by atoms with E-state index in [1.165, 1.54) is 0 Å². The highest BCUT2D eigenvalue weighted by Crippen LogP contribution is 2.28. The molecule has 0 spiro atoms. The minimum absolute atomic E-state index is 0.00746. The van der Waals surface area contributed by atoms with E-state index in [-0.39, 0.29) is 12.6 Å². The summed E-state index contributed by atoms with van der Waals surface area (Å²) in [4.78, 5) is 12.0. The van der Waals surface area contributed by atoms with Gasteiger partial charge in [0.25, 0.3) is 0 Å². The molecular weight excluding hydrogens is 256 g/mol. The third-order valence-electron chi connectivity index (χ3n) is 4.01. The lowest BCUT2D eigenvalue weighted by Gasteiger charge is -2.27. The predicted molar refractivity (Wildman–Crippen MR) is 76.2 cm³/mol. The van der Waals surface area contributed by atoms with Crippen LogP contribution in [0.1, 0.15) is 43.9 Å². The summed E-state index contributed by atoms with van der Waals surface area (Å²) < 4.78 is 1.76. The smallest absolute Gasteiger partial charge is 0.315 e. The molecule has 1 aromatic rings. The molecule has 1 fully saturated rings. The monoisotopic (exact) mass is 280 g/mol. The van der Waals surface area contributed by atoms with Gasteiger partial charge in [0, 0.05) is 25.4 Å². The van der Waals surface area contributed by atoms with E-state index in [4.69, 9.17) is 0 Å². The Balaban J connectivity index is 1.88. The van der Waals surface area contributed by atoms with Crippen LogP contribution in [-0.2, 0) is 20.0 Å². The zero-order chi connectivity index (χ0) is 14.6. The normalized spacial score (nSPS) is 17.1. The number of carbonyl (C=O) groups is 1. The number of carbonyl (C=O) groups excluding carboxylic acids is 1. The maximum Gasteiger partial charge on any atom is 0.315 e. The van der Waals surface area contributed by atoms with E-state index >= 15 is 0 Å². The first-order valence-electron chi connectivity index (χ1n) is 7.27. The predicted octanol–water partition coefficient (Wildman–Crippen LogP) is 1.09. The van der Waals surface area contributed by atoms with Gasteiger partial charge in [-0.2, -0.15) is 5.10 Å². The summed E-state index contributed by atoms with van der Waals surface area (Å²) in [5.74, 6) is 0. The Bertz CT molecular complexity index is 464. The summed E-state index contributed by atoms with van der Waals surface area (Å²) in [6.07, 6.45) is 6.59. The maximum absolute atomic E-state index is 12.0. The van der Waals surface area contributed by atoms with Gasteiger partial charge in [-0.1, -0.05) is 19.8 Å². The van der Waals surface area contributed by atoms with Crippen LogP contribution in [0.2, 0.25) is 0 Å². The van der Waals surface area contributed by atoms with E-state index in [9.17, 15) is 9.90 Å². The van der Waals surface area contributed by atoms with Gasteiger partial charge in [0.15, 0.2) is 0 Å². The standard InChI is InChI=1S/C14H24N4O2/c1-3-12-11(9-18(2)17-12)8-15-13(20)16-14(10-19)6-4-5-7-14/h9,19H,3-8,10H2,1-2H3,(H2,15,16,20). The topological polar surface area (TPSA) is 79.2 Å². The lowest BCUT2D eigenvalue weighted by atomic mass is 9.99. The van der Waals surface area contributed by atoms with Gasteiger partial charge in [0.05, 0.1) is 17.8 Å². The van der Waals surface area contributed by atoms with Crippen LogP contribution in [0.15, 0.2) is 6.20 Å². The average molecular weight is 280 g/mol. The Morgan fingerprint density at radius 3 is 2.80 bits per heavy atom. The number of aliphatic hydroxyl groups excluding tert-OH is 1. The Morgan fingerprint density at radius 2 is 2.20 bits per heavy atom. The van der Waals surface area contributed by atoms with Gasteiger partial charge in [0.2, 0.25) is 0 Å². The minimum Gasteiger partial charge on any atom is -0.394 e. The van der Waals surface area contributed by atoms with Crippen molar-refractivity contribution < 1.29 is 9.90 Å². The number of nitrogens with one attached hydrogen (secondary N) is 2. The number of amides is 2. The maximum atomic E-state index is 12.0. The first-order valence-corrected chi connectivity index (χ1v) is 7.27. The molecule has 2 rings (SSSR count). The molecule has 20 heavy (non-hydrogen) atoms. The molecule has 1 heterocycles. The molecule has 6 heteroatoms. The summed E-state index contributed by atoms with van der Waals surface area (Å²) in [6.45, 7) is 2.52. The van der Waals surface area contributed by atoms with Crippen molar-refractivity contribution >= 4 is 6.03 Å². The first kappa shape index (κ1) is 14.8. The molecule has 2 amide bonds.